The van der Waals surface area contributed by atoms with Crippen LogP contribution in [0.3, 0.4) is 0 Å². The summed E-state index contributed by atoms with van der Waals surface area (Å²) in [6.45, 7) is 4.73. The Kier molecular flexibility index (Phi) is 14.1. The van der Waals surface area contributed by atoms with Crippen LogP contribution in [0.5, 0.6) is 0 Å². The molecule has 2 aromatic carbocycles. The van der Waals surface area contributed by atoms with Crippen molar-refractivity contribution in [2.75, 3.05) is 14.2 Å². The largest absolute Gasteiger partial charge is 0.469 e. The average molecular weight is 607 g/mol. The molecule has 0 bridgehead atoms. The van der Waals surface area contributed by atoms with Gasteiger partial charge in [0.05, 0.1) is 26.1 Å². The van der Waals surface area contributed by atoms with Crippen molar-refractivity contribution < 1.29 is 38.1 Å². The summed E-state index contributed by atoms with van der Waals surface area (Å²) in [5, 5.41) is 0. The molecule has 5 atom stereocenters. The highest BCUT2D eigenvalue weighted by atomic mass is 16.5. The molecule has 0 radical (unpaired) electrons. The molecule has 2 aliphatic rings. The number of benzene rings is 2. The maximum Gasteiger partial charge on any atom is 0.330 e. The second kappa shape index (κ2) is 18.0. The van der Waals surface area contributed by atoms with Crippen LogP contribution in [-0.4, -0.2) is 38.1 Å². The quantitative estimate of drug-likeness (QED) is 0.178. The van der Waals surface area contributed by atoms with Crippen LogP contribution in [0, 0.1) is 29.6 Å². The van der Waals surface area contributed by atoms with Crippen molar-refractivity contribution >= 4 is 23.9 Å². The maximum absolute atomic E-state index is 12.3. The van der Waals surface area contributed by atoms with Crippen LogP contribution < -0.4 is 0 Å². The van der Waals surface area contributed by atoms with E-state index in [1.807, 2.05) is 67.6 Å². The number of hydrogen-bond donors (Lipinski definition) is 0. The molecule has 2 aliphatic carbocycles. The van der Waals surface area contributed by atoms with Crippen molar-refractivity contribution in [3.63, 3.8) is 0 Å². The number of allylic oxidation sites excluding steroid dienone is 1. The summed E-state index contributed by atoms with van der Waals surface area (Å²) in [5.41, 5.74) is 3.04. The fourth-order valence-electron chi connectivity index (χ4n) is 6.02. The molecule has 0 amide bonds. The van der Waals surface area contributed by atoms with Crippen molar-refractivity contribution in [3.05, 3.63) is 83.4 Å². The Morgan fingerprint density at radius 1 is 0.727 bits per heavy atom. The molecule has 2 aromatic rings. The molecule has 8 nitrogen and oxygen atoms in total. The van der Waals surface area contributed by atoms with E-state index in [9.17, 15) is 19.2 Å². The van der Waals surface area contributed by atoms with Gasteiger partial charge in [0.1, 0.15) is 13.2 Å². The molecule has 238 valence electrons. The van der Waals surface area contributed by atoms with Crippen LogP contribution in [0.15, 0.2) is 72.3 Å². The van der Waals surface area contributed by atoms with Gasteiger partial charge in [-0.2, -0.15) is 0 Å². The Morgan fingerprint density at radius 2 is 1.27 bits per heavy atom. The van der Waals surface area contributed by atoms with Gasteiger partial charge in [-0.05, 0) is 67.4 Å². The average Bonchev–Trinajstić information content (AvgIpc) is 3.03. The third-order valence-corrected chi connectivity index (χ3v) is 8.58. The number of carbonyl (C=O) groups excluding carboxylic acids is 4. The lowest BCUT2D eigenvalue weighted by Crippen LogP contribution is -2.31. The lowest BCUT2D eigenvalue weighted by atomic mass is 9.74. The first-order chi connectivity index (χ1) is 21.2. The molecular formula is C36H46O8. The van der Waals surface area contributed by atoms with Gasteiger partial charge < -0.3 is 18.9 Å². The van der Waals surface area contributed by atoms with Crippen LogP contribution in [0.2, 0.25) is 0 Å². The van der Waals surface area contributed by atoms with E-state index in [0.717, 1.165) is 55.2 Å². The van der Waals surface area contributed by atoms with Crippen LogP contribution in [0.25, 0.3) is 0 Å². The van der Waals surface area contributed by atoms with Gasteiger partial charge in [-0.3, -0.25) is 14.4 Å². The number of hydrogen-bond acceptors (Lipinski definition) is 8. The van der Waals surface area contributed by atoms with Gasteiger partial charge in [-0.15, -0.1) is 0 Å². The predicted octanol–water partition coefficient (Wildman–Crippen LogP) is 6.61. The van der Waals surface area contributed by atoms with Gasteiger partial charge in [0, 0.05) is 12.5 Å². The third kappa shape index (κ3) is 11.3. The van der Waals surface area contributed by atoms with Crippen LogP contribution >= 0.6 is 0 Å². The zero-order valence-electron chi connectivity index (χ0n) is 26.4. The van der Waals surface area contributed by atoms with Crippen LogP contribution in [0.1, 0.15) is 69.9 Å². The monoisotopic (exact) mass is 606 g/mol. The molecule has 2 saturated carbocycles. The number of methoxy groups -OCH3 is 2. The van der Waals surface area contributed by atoms with Crippen molar-refractivity contribution in [2.45, 2.75) is 72.0 Å². The summed E-state index contributed by atoms with van der Waals surface area (Å²) in [6, 6.07) is 19.4. The molecule has 0 saturated heterocycles. The summed E-state index contributed by atoms with van der Waals surface area (Å²) in [7, 11) is 2.79. The van der Waals surface area contributed by atoms with Crippen molar-refractivity contribution in [2.24, 2.45) is 29.6 Å². The maximum atomic E-state index is 12.3. The smallest absolute Gasteiger partial charge is 0.330 e. The summed E-state index contributed by atoms with van der Waals surface area (Å²) < 4.78 is 20.2. The van der Waals surface area contributed by atoms with Gasteiger partial charge in [0.2, 0.25) is 0 Å². The number of rotatable bonds is 9. The van der Waals surface area contributed by atoms with Crippen molar-refractivity contribution in [1.82, 2.24) is 0 Å². The zero-order valence-corrected chi connectivity index (χ0v) is 26.4. The first kappa shape index (κ1) is 34.5. The molecule has 0 heterocycles. The highest BCUT2D eigenvalue weighted by Crippen LogP contribution is 2.36. The van der Waals surface area contributed by atoms with Crippen LogP contribution in [0.4, 0.5) is 0 Å². The van der Waals surface area contributed by atoms with E-state index < -0.39 is 0 Å². The predicted molar refractivity (Wildman–Crippen MR) is 166 cm³/mol. The lowest BCUT2D eigenvalue weighted by molar-refractivity contribution is -0.154. The minimum absolute atomic E-state index is 0.0578. The van der Waals surface area contributed by atoms with E-state index in [0.29, 0.717) is 25.6 Å². The minimum Gasteiger partial charge on any atom is -0.469 e. The topological polar surface area (TPSA) is 105 Å². The second-order valence-corrected chi connectivity index (χ2v) is 11.9. The zero-order chi connectivity index (χ0) is 31.9. The molecule has 0 unspecified atom stereocenters. The van der Waals surface area contributed by atoms with Crippen molar-refractivity contribution in [1.29, 1.82) is 0 Å². The Balaban J connectivity index is 0.000000240. The Morgan fingerprint density at radius 3 is 1.75 bits per heavy atom. The summed E-state index contributed by atoms with van der Waals surface area (Å²) >= 11 is 0. The molecule has 2 fully saturated rings. The van der Waals surface area contributed by atoms with E-state index >= 15 is 0 Å². The highest BCUT2D eigenvalue weighted by molar-refractivity contribution is 5.82. The van der Waals surface area contributed by atoms with Gasteiger partial charge in [-0.1, -0.05) is 80.1 Å². The second-order valence-electron chi connectivity index (χ2n) is 11.9. The molecule has 0 spiro atoms. The molecule has 0 aliphatic heterocycles. The van der Waals surface area contributed by atoms with Crippen molar-refractivity contribution in [3.8, 4) is 0 Å². The van der Waals surface area contributed by atoms with E-state index in [2.05, 4.69) is 11.7 Å². The lowest BCUT2D eigenvalue weighted by Gasteiger charge is -2.32. The van der Waals surface area contributed by atoms with E-state index in [1.54, 1.807) is 6.08 Å². The van der Waals surface area contributed by atoms with Gasteiger partial charge in [-0.25, -0.2) is 4.79 Å². The standard InChI is InChI=1S/C18H24O4.C18H22O4/c2*1-13-10-15(11-17(19)21-2)8-9-16(13)18(20)22-12-14-6-4-3-5-7-14/h3-7,13,15-16H,8-12H2,1-2H3;3-7,11,13,16H,8-10,12H2,1-2H3/t13-,15+,16-;13-,16-/m00/s1. The molecule has 4 rings (SSSR count). The fourth-order valence-corrected chi connectivity index (χ4v) is 6.02. The van der Waals surface area contributed by atoms with E-state index in [1.165, 1.54) is 14.2 Å². The number of carbonyl (C=O) groups is 4. The summed E-state index contributed by atoms with van der Waals surface area (Å²) in [6.07, 6.45) is 6.73. The van der Waals surface area contributed by atoms with E-state index in [4.69, 9.17) is 14.2 Å². The molecule has 8 heteroatoms. The SMILES string of the molecule is COC(=O)C=C1CC[C@H](C(=O)OCc2ccccc2)[C@@H](C)C1.COC(=O)C[C@@H]1CC[C@H](C(=O)OCc2ccccc2)[C@@H](C)C1. The van der Waals surface area contributed by atoms with E-state index in [-0.39, 0.29) is 47.5 Å². The third-order valence-electron chi connectivity index (χ3n) is 8.58. The highest BCUT2D eigenvalue weighted by Gasteiger charge is 2.34. The fraction of sp³-hybridized carbons (Fsp3) is 0.500. The molecule has 0 N–H and O–H groups in total. The number of ether oxygens (including phenoxy) is 4. The Bertz CT molecular complexity index is 1240. The Hall–Kier alpha value is -3.94. The Labute approximate surface area is 261 Å². The van der Waals surface area contributed by atoms with Gasteiger partial charge >= 0.3 is 23.9 Å². The van der Waals surface area contributed by atoms with Crippen LogP contribution in [-0.2, 0) is 51.3 Å². The van der Waals surface area contributed by atoms with Gasteiger partial charge in [0.25, 0.3) is 0 Å². The summed E-state index contributed by atoms with van der Waals surface area (Å²) in [5.74, 6) is -0.174. The molecule has 44 heavy (non-hydrogen) atoms. The number of esters is 4. The van der Waals surface area contributed by atoms with Gasteiger partial charge in [0.15, 0.2) is 0 Å². The molecule has 0 aromatic heterocycles. The summed E-state index contributed by atoms with van der Waals surface area (Å²) in [4.78, 5) is 47.1. The first-order valence-electron chi connectivity index (χ1n) is 15.4. The molecular weight excluding hydrogens is 560 g/mol. The normalized spacial score (nSPS) is 23.8. The minimum atomic E-state index is -0.327. The first-order valence-corrected chi connectivity index (χ1v) is 15.4.